The van der Waals surface area contributed by atoms with Crippen molar-refractivity contribution < 1.29 is 13.2 Å². The van der Waals surface area contributed by atoms with Crippen LogP contribution in [0.5, 0.6) is 0 Å². The standard InChI is InChI=1S/C18H19ClN2O3S/c1-13-7-10-15(11-17(13)19)21(12-18(22)20-14-8-9-14)25(23,24)16-5-3-2-4-6-16/h2-7,10-11,14H,8-9,12H2,1H3,(H,20,22). The Hall–Kier alpha value is -2.05. The fourth-order valence-corrected chi connectivity index (χ4v) is 4.01. The first-order chi connectivity index (χ1) is 11.9. The van der Waals surface area contributed by atoms with Crippen molar-refractivity contribution in [3.05, 3.63) is 59.1 Å². The van der Waals surface area contributed by atoms with E-state index in [0.717, 1.165) is 22.7 Å². The largest absolute Gasteiger partial charge is 0.352 e. The Bertz CT molecular complexity index is 880. The van der Waals surface area contributed by atoms with Crippen molar-refractivity contribution in [3.8, 4) is 0 Å². The lowest BCUT2D eigenvalue weighted by atomic mass is 10.2. The number of benzene rings is 2. The van der Waals surface area contributed by atoms with Gasteiger partial charge in [0.15, 0.2) is 0 Å². The smallest absolute Gasteiger partial charge is 0.264 e. The molecule has 0 aliphatic heterocycles. The highest BCUT2D eigenvalue weighted by molar-refractivity contribution is 7.92. The second-order valence-electron chi connectivity index (χ2n) is 6.10. The van der Waals surface area contributed by atoms with E-state index in [2.05, 4.69) is 5.32 Å². The van der Waals surface area contributed by atoms with Crippen LogP contribution in [-0.2, 0) is 14.8 Å². The van der Waals surface area contributed by atoms with Gasteiger partial charge in [-0.1, -0.05) is 35.9 Å². The van der Waals surface area contributed by atoms with Gasteiger partial charge in [-0.3, -0.25) is 9.10 Å². The molecular formula is C18H19ClN2O3S. The van der Waals surface area contributed by atoms with Crippen LogP contribution in [0.4, 0.5) is 5.69 Å². The second-order valence-corrected chi connectivity index (χ2v) is 8.37. The van der Waals surface area contributed by atoms with Crippen LogP contribution < -0.4 is 9.62 Å². The average molecular weight is 379 g/mol. The molecule has 0 heterocycles. The molecule has 0 aromatic heterocycles. The van der Waals surface area contributed by atoms with Crippen molar-refractivity contribution >= 4 is 33.2 Å². The number of nitrogens with one attached hydrogen (secondary N) is 1. The van der Waals surface area contributed by atoms with Crippen LogP contribution in [0.3, 0.4) is 0 Å². The fourth-order valence-electron chi connectivity index (χ4n) is 2.40. The Morgan fingerprint density at radius 1 is 1.20 bits per heavy atom. The minimum absolute atomic E-state index is 0.130. The molecular weight excluding hydrogens is 360 g/mol. The van der Waals surface area contributed by atoms with Gasteiger partial charge < -0.3 is 5.32 Å². The molecule has 1 saturated carbocycles. The third-order valence-electron chi connectivity index (χ3n) is 4.00. The van der Waals surface area contributed by atoms with Crippen LogP contribution in [0.1, 0.15) is 18.4 Å². The van der Waals surface area contributed by atoms with Gasteiger partial charge in [-0.25, -0.2) is 8.42 Å². The van der Waals surface area contributed by atoms with Crippen molar-refractivity contribution in [2.45, 2.75) is 30.7 Å². The van der Waals surface area contributed by atoms with E-state index in [1.807, 2.05) is 6.92 Å². The monoisotopic (exact) mass is 378 g/mol. The number of hydrogen-bond donors (Lipinski definition) is 1. The molecule has 0 radical (unpaired) electrons. The van der Waals surface area contributed by atoms with Crippen molar-refractivity contribution in [1.82, 2.24) is 5.32 Å². The summed E-state index contributed by atoms with van der Waals surface area (Å²) in [6.45, 7) is 1.55. The van der Waals surface area contributed by atoms with Crippen LogP contribution in [0.2, 0.25) is 5.02 Å². The van der Waals surface area contributed by atoms with Gasteiger partial charge in [0.25, 0.3) is 10.0 Å². The van der Waals surface area contributed by atoms with E-state index in [1.165, 1.54) is 12.1 Å². The zero-order chi connectivity index (χ0) is 18.0. The topological polar surface area (TPSA) is 66.5 Å². The summed E-state index contributed by atoms with van der Waals surface area (Å²) in [5, 5.41) is 3.28. The van der Waals surface area contributed by atoms with Gasteiger partial charge in [-0.15, -0.1) is 0 Å². The molecule has 1 aliphatic carbocycles. The van der Waals surface area contributed by atoms with E-state index in [4.69, 9.17) is 11.6 Å². The minimum atomic E-state index is -3.88. The van der Waals surface area contributed by atoms with Crippen molar-refractivity contribution in [2.24, 2.45) is 0 Å². The summed E-state index contributed by atoms with van der Waals surface area (Å²) in [4.78, 5) is 12.4. The third-order valence-corrected chi connectivity index (χ3v) is 6.20. The predicted octanol–water partition coefficient (Wildman–Crippen LogP) is 3.12. The molecule has 3 rings (SSSR count). The molecule has 25 heavy (non-hydrogen) atoms. The van der Waals surface area contributed by atoms with Crippen LogP contribution >= 0.6 is 11.6 Å². The van der Waals surface area contributed by atoms with Gasteiger partial charge in [-0.2, -0.15) is 0 Å². The first-order valence-corrected chi connectivity index (χ1v) is 9.83. The molecule has 5 nitrogen and oxygen atoms in total. The summed E-state index contributed by atoms with van der Waals surface area (Å²) >= 11 is 6.16. The number of rotatable bonds is 6. The number of nitrogens with zero attached hydrogens (tertiary/aromatic N) is 1. The molecule has 0 atom stereocenters. The number of anilines is 1. The summed E-state index contributed by atoms with van der Waals surface area (Å²) in [5.41, 5.74) is 1.20. The number of carbonyl (C=O) groups is 1. The number of amides is 1. The molecule has 1 amide bonds. The quantitative estimate of drug-likeness (QED) is 0.839. The van der Waals surface area contributed by atoms with Gasteiger partial charge in [0, 0.05) is 11.1 Å². The van der Waals surface area contributed by atoms with Gasteiger partial charge in [0.2, 0.25) is 5.91 Å². The normalized spacial score (nSPS) is 14.2. The maximum atomic E-state index is 13.1. The van der Waals surface area contributed by atoms with Crippen molar-refractivity contribution in [1.29, 1.82) is 0 Å². The van der Waals surface area contributed by atoms with Crippen LogP contribution in [0, 0.1) is 6.92 Å². The van der Waals surface area contributed by atoms with Gasteiger partial charge >= 0.3 is 0 Å². The van der Waals surface area contributed by atoms with E-state index in [0.29, 0.717) is 10.7 Å². The summed E-state index contributed by atoms with van der Waals surface area (Å²) in [5.74, 6) is -0.321. The predicted molar refractivity (Wildman–Crippen MR) is 98.3 cm³/mol. The molecule has 1 N–H and O–H groups in total. The van der Waals surface area contributed by atoms with Crippen LogP contribution in [0.25, 0.3) is 0 Å². The maximum Gasteiger partial charge on any atom is 0.264 e. The van der Waals surface area contributed by atoms with E-state index >= 15 is 0 Å². The summed E-state index contributed by atoms with van der Waals surface area (Å²) in [6.07, 6.45) is 1.88. The Morgan fingerprint density at radius 2 is 1.88 bits per heavy atom. The van der Waals surface area contributed by atoms with Crippen molar-refractivity contribution in [3.63, 3.8) is 0 Å². The highest BCUT2D eigenvalue weighted by atomic mass is 35.5. The molecule has 0 saturated heterocycles. The summed E-state index contributed by atoms with van der Waals surface area (Å²) < 4.78 is 27.2. The highest BCUT2D eigenvalue weighted by Gasteiger charge is 2.30. The molecule has 2 aromatic rings. The lowest BCUT2D eigenvalue weighted by Gasteiger charge is -2.24. The SMILES string of the molecule is Cc1ccc(N(CC(=O)NC2CC2)S(=O)(=O)c2ccccc2)cc1Cl. The lowest BCUT2D eigenvalue weighted by molar-refractivity contribution is -0.119. The van der Waals surface area contributed by atoms with Gasteiger partial charge in [-0.05, 0) is 49.6 Å². The molecule has 2 aromatic carbocycles. The Balaban J connectivity index is 1.98. The van der Waals surface area contributed by atoms with Crippen molar-refractivity contribution in [2.75, 3.05) is 10.8 Å². The molecule has 7 heteroatoms. The highest BCUT2D eigenvalue weighted by Crippen LogP contribution is 2.28. The number of halogens is 1. The van der Waals surface area contributed by atoms with Crippen LogP contribution in [-0.4, -0.2) is 26.9 Å². The van der Waals surface area contributed by atoms with E-state index in [-0.39, 0.29) is 23.4 Å². The van der Waals surface area contributed by atoms with E-state index in [1.54, 1.807) is 36.4 Å². The zero-order valence-corrected chi connectivity index (χ0v) is 15.3. The average Bonchev–Trinajstić information content (AvgIpc) is 3.40. The third kappa shape index (κ3) is 4.14. The second kappa shape index (κ2) is 7.06. The number of aryl methyl sites for hydroxylation is 1. The number of hydrogen-bond acceptors (Lipinski definition) is 3. The van der Waals surface area contributed by atoms with Crippen LogP contribution in [0.15, 0.2) is 53.4 Å². The maximum absolute atomic E-state index is 13.1. The van der Waals surface area contributed by atoms with E-state index < -0.39 is 10.0 Å². The molecule has 0 spiro atoms. The molecule has 132 valence electrons. The molecule has 0 bridgehead atoms. The lowest BCUT2D eigenvalue weighted by Crippen LogP contribution is -2.41. The number of sulfonamides is 1. The first-order valence-electron chi connectivity index (χ1n) is 8.01. The molecule has 1 aliphatic rings. The summed E-state index contributed by atoms with van der Waals surface area (Å²) in [6, 6.07) is 13.2. The first kappa shape index (κ1) is 17.8. The van der Waals surface area contributed by atoms with Gasteiger partial charge in [0.05, 0.1) is 10.6 Å². The van der Waals surface area contributed by atoms with E-state index in [9.17, 15) is 13.2 Å². The summed E-state index contributed by atoms with van der Waals surface area (Å²) in [7, 11) is -3.88. The Labute approximate surface area is 152 Å². The number of carbonyl (C=O) groups excluding carboxylic acids is 1. The molecule has 1 fully saturated rings. The molecule has 0 unspecified atom stereocenters. The fraction of sp³-hybridized carbons (Fsp3) is 0.278. The Morgan fingerprint density at radius 3 is 2.48 bits per heavy atom. The van der Waals surface area contributed by atoms with Gasteiger partial charge in [0.1, 0.15) is 6.54 Å². The minimum Gasteiger partial charge on any atom is -0.352 e. The Kier molecular flexibility index (Phi) is 5.01. The zero-order valence-electron chi connectivity index (χ0n) is 13.8.